The summed E-state index contributed by atoms with van der Waals surface area (Å²) in [4.78, 5) is 11.8. The highest BCUT2D eigenvalue weighted by molar-refractivity contribution is 5.89. The quantitative estimate of drug-likeness (QED) is 0.739. The van der Waals surface area contributed by atoms with E-state index in [-0.39, 0.29) is 18.7 Å². The Labute approximate surface area is 114 Å². The molecule has 106 valence electrons. The molecule has 1 unspecified atom stereocenters. The molecule has 19 heavy (non-hydrogen) atoms. The molecule has 1 rings (SSSR count). The van der Waals surface area contributed by atoms with Gasteiger partial charge in [0.25, 0.3) is 0 Å². The van der Waals surface area contributed by atoms with E-state index in [1.54, 1.807) is 31.4 Å². The number of benzene rings is 1. The number of aliphatic hydroxyl groups is 1. The minimum atomic E-state index is -0.315. The second kappa shape index (κ2) is 7.63. The van der Waals surface area contributed by atoms with Crippen LogP contribution in [0.2, 0.25) is 0 Å². The third-order valence-corrected chi connectivity index (χ3v) is 2.66. The van der Waals surface area contributed by atoms with E-state index in [1.165, 1.54) is 0 Å². The van der Waals surface area contributed by atoms with E-state index in [2.05, 4.69) is 10.6 Å². The van der Waals surface area contributed by atoms with Crippen molar-refractivity contribution in [2.75, 3.05) is 19.0 Å². The van der Waals surface area contributed by atoms with E-state index < -0.39 is 0 Å². The number of urea groups is 1. The Morgan fingerprint density at radius 3 is 2.42 bits per heavy atom. The summed E-state index contributed by atoms with van der Waals surface area (Å²) in [5, 5.41) is 14.7. The highest BCUT2D eigenvalue weighted by Gasteiger charge is 2.12. The standard InChI is InChI=1S/C14H22N2O3/c1-10(2)8-12(9-17)16-14(18)15-11-4-6-13(19-3)7-5-11/h4-7,10,12,17H,8-9H2,1-3H3,(H2,15,16,18). The van der Waals surface area contributed by atoms with Crippen LogP contribution >= 0.6 is 0 Å². The summed E-state index contributed by atoms with van der Waals surface area (Å²) in [6.45, 7) is 4.03. The van der Waals surface area contributed by atoms with Gasteiger partial charge in [0.15, 0.2) is 0 Å². The molecule has 0 spiro atoms. The average Bonchev–Trinajstić information content (AvgIpc) is 2.38. The van der Waals surface area contributed by atoms with E-state index in [0.717, 1.165) is 12.2 Å². The molecule has 5 heteroatoms. The second-order valence-corrected chi connectivity index (χ2v) is 4.84. The SMILES string of the molecule is COc1ccc(NC(=O)NC(CO)CC(C)C)cc1. The Kier molecular flexibility index (Phi) is 6.15. The fourth-order valence-electron chi connectivity index (χ4n) is 1.78. The zero-order valence-corrected chi connectivity index (χ0v) is 11.6. The summed E-state index contributed by atoms with van der Waals surface area (Å²) in [6.07, 6.45) is 0.743. The van der Waals surface area contributed by atoms with Crippen LogP contribution < -0.4 is 15.4 Å². The van der Waals surface area contributed by atoms with Gasteiger partial charge in [0.1, 0.15) is 5.75 Å². The smallest absolute Gasteiger partial charge is 0.319 e. The summed E-state index contributed by atoms with van der Waals surface area (Å²) in [6, 6.07) is 6.52. The third-order valence-electron chi connectivity index (χ3n) is 2.66. The van der Waals surface area contributed by atoms with Gasteiger partial charge in [-0.2, -0.15) is 0 Å². The number of hydrogen-bond donors (Lipinski definition) is 3. The number of nitrogens with one attached hydrogen (secondary N) is 2. The molecular formula is C14H22N2O3. The molecule has 0 fully saturated rings. The summed E-state index contributed by atoms with van der Waals surface area (Å²) in [5.41, 5.74) is 0.680. The zero-order valence-electron chi connectivity index (χ0n) is 11.6. The lowest BCUT2D eigenvalue weighted by molar-refractivity contribution is 0.214. The Bertz CT molecular complexity index is 390. The molecule has 0 aromatic heterocycles. The molecule has 1 atom stereocenters. The molecule has 0 radical (unpaired) electrons. The van der Waals surface area contributed by atoms with Gasteiger partial charge in [-0.15, -0.1) is 0 Å². The van der Waals surface area contributed by atoms with Gasteiger partial charge in [-0.3, -0.25) is 0 Å². The van der Waals surface area contributed by atoms with Crippen LogP contribution in [0.4, 0.5) is 10.5 Å². The molecule has 5 nitrogen and oxygen atoms in total. The predicted molar refractivity (Wildman–Crippen MR) is 75.5 cm³/mol. The van der Waals surface area contributed by atoms with Crippen LogP contribution in [-0.2, 0) is 0 Å². The van der Waals surface area contributed by atoms with Crippen LogP contribution in [-0.4, -0.2) is 30.9 Å². The first kappa shape index (κ1) is 15.3. The van der Waals surface area contributed by atoms with Gasteiger partial charge in [0, 0.05) is 5.69 Å². The number of ether oxygens (including phenoxy) is 1. The highest BCUT2D eigenvalue weighted by Crippen LogP contribution is 2.14. The fourth-order valence-corrected chi connectivity index (χ4v) is 1.78. The van der Waals surface area contributed by atoms with Gasteiger partial charge in [-0.05, 0) is 36.6 Å². The normalized spacial score (nSPS) is 12.1. The lowest BCUT2D eigenvalue weighted by atomic mass is 10.0. The number of anilines is 1. The number of rotatable bonds is 6. The number of carbonyl (C=O) groups excluding carboxylic acids is 1. The first-order valence-electron chi connectivity index (χ1n) is 6.37. The molecule has 1 aromatic carbocycles. The molecular weight excluding hydrogens is 244 g/mol. The van der Waals surface area contributed by atoms with Crippen molar-refractivity contribution in [3.8, 4) is 5.75 Å². The average molecular weight is 266 g/mol. The molecule has 0 bridgehead atoms. The Hall–Kier alpha value is -1.75. The zero-order chi connectivity index (χ0) is 14.3. The van der Waals surface area contributed by atoms with Gasteiger partial charge >= 0.3 is 6.03 Å². The van der Waals surface area contributed by atoms with E-state index >= 15 is 0 Å². The largest absolute Gasteiger partial charge is 0.497 e. The fraction of sp³-hybridized carbons (Fsp3) is 0.500. The van der Waals surface area contributed by atoms with Gasteiger partial charge < -0.3 is 20.5 Å². The predicted octanol–water partition coefficient (Wildman–Crippen LogP) is 2.22. The number of aliphatic hydroxyl groups excluding tert-OH is 1. The minimum Gasteiger partial charge on any atom is -0.497 e. The number of hydrogen-bond acceptors (Lipinski definition) is 3. The van der Waals surface area contributed by atoms with Gasteiger partial charge in [0.05, 0.1) is 19.8 Å². The Balaban J connectivity index is 2.49. The maximum Gasteiger partial charge on any atom is 0.319 e. The molecule has 0 heterocycles. The van der Waals surface area contributed by atoms with Crippen molar-refractivity contribution in [3.63, 3.8) is 0 Å². The number of amides is 2. The first-order chi connectivity index (χ1) is 9.05. The minimum absolute atomic E-state index is 0.0613. The van der Waals surface area contributed by atoms with Gasteiger partial charge in [-0.25, -0.2) is 4.79 Å². The second-order valence-electron chi connectivity index (χ2n) is 4.84. The molecule has 0 aliphatic heterocycles. The van der Waals surface area contributed by atoms with Crippen LogP contribution in [0.25, 0.3) is 0 Å². The molecule has 0 saturated carbocycles. The number of methoxy groups -OCH3 is 1. The van der Waals surface area contributed by atoms with E-state index in [4.69, 9.17) is 4.74 Å². The maximum absolute atomic E-state index is 11.8. The molecule has 2 amide bonds. The summed E-state index contributed by atoms with van der Waals surface area (Å²) < 4.78 is 5.04. The molecule has 0 aliphatic carbocycles. The van der Waals surface area contributed by atoms with Gasteiger partial charge in [0.2, 0.25) is 0 Å². The lowest BCUT2D eigenvalue weighted by Crippen LogP contribution is -2.40. The van der Waals surface area contributed by atoms with Crippen LogP contribution in [0.5, 0.6) is 5.75 Å². The molecule has 0 aliphatic rings. The lowest BCUT2D eigenvalue weighted by Gasteiger charge is -2.18. The van der Waals surface area contributed by atoms with Crippen molar-refractivity contribution in [1.82, 2.24) is 5.32 Å². The molecule has 1 aromatic rings. The van der Waals surface area contributed by atoms with Crippen molar-refractivity contribution in [3.05, 3.63) is 24.3 Å². The van der Waals surface area contributed by atoms with Crippen molar-refractivity contribution in [2.45, 2.75) is 26.3 Å². The molecule has 0 saturated heterocycles. The van der Waals surface area contributed by atoms with Crippen molar-refractivity contribution < 1.29 is 14.6 Å². The van der Waals surface area contributed by atoms with E-state index in [9.17, 15) is 9.90 Å². The Morgan fingerprint density at radius 2 is 1.95 bits per heavy atom. The van der Waals surface area contributed by atoms with Crippen LogP contribution in [0.3, 0.4) is 0 Å². The van der Waals surface area contributed by atoms with E-state index in [1.807, 2.05) is 13.8 Å². The van der Waals surface area contributed by atoms with Crippen molar-refractivity contribution in [2.24, 2.45) is 5.92 Å². The monoisotopic (exact) mass is 266 g/mol. The Morgan fingerprint density at radius 1 is 1.32 bits per heavy atom. The van der Waals surface area contributed by atoms with Crippen molar-refractivity contribution in [1.29, 1.82) is 0 Å². The summed E-state index contributed by atoms with van der Waals surface area (Å²) in [7, 11) is 1.59. The van der Waals surface area contributed by atoms with Crippen LogP contribution in [0.15, 0.2) is 24.3 Å². The van der Waals surface area contributed by atoms with E-state index in [0.29, 0.717) is 11.6 Å². The van der Waals surface area contributed by atoms with Crippen molar-refractivity contribution >= 4 is 11.7 Å². The highest BCUT2D eigenvalue weighted by atomic mass is 16.5. The third kappa shape index (κ3) is 5.61. The number of carbonyl (C=O) groups is 1. The van der Waals surface area contributed by atoms with Gasteiger partial charge in [-0.1, -0.05) is 13.8 Å². The molecule has 3 N–H and O–H groups in total. The first-order valence-corrected chi connectivity index (χ1v) is 6.37. The van der Waals surface area contributed by atoms with Crippen LogP contribution in [0.1, 0.15) is 20.3 Å². The summed E-state index contributed by atoms with van der Waals surface area (Å²) in [5.74, 6) is 1.15. The summed E-state index contributed by atoms with van der Waals surface area (Å²) >= 11 is 0. The van der Waals surface area contributed by atoms with Crippen LogP contribution in [0, 0.1) is 5.92 Å². The maximum atomic E-state index is 11.8. The topological polar surface area (TPSA) is 70.6 Å².